The number of rotatable bonds is 8. The molecule has 0 aromatic heterocycles. The van der Waals surface area contributed by atoms with Crippen LogP contribution in [0.3, 0.4) is 0 Å². The van der Waals surface area contributed by atoms with Crippen LogP contribution in [0.25, 0.3) is 0 Å². The molecule has 0 aliphatic carbocycles. The molecule has 25 heavy (non-hydrogen) atoms. The molecule has 136 valence electrons. The van der Waals surface area contributed by atoms with Gasteiger partial charge in [-0.2, -0.15) is 0 Å². The van der Waals surface area contributed by atoms with Crippen LogP contribution in [-0.2, 0) is 12.8 Å². The molecule has 0 heterocycles. The molecule has 0 fully saturated rings. The number of aryl methyl sites for hydroxylation is 2. The van der Waals surface area contributed by atoms with E-state index in [0.717, 1.165) is 37.2 Å². The van der Waals surface area contributed by atoms with Crippen molar-refractivity contribution in [3.63, 3.8) is 0 Å². The van der Waals surface area contributed by atoms with E-state index in [9.17, 15) is 0 Å². The van der Waals surface area contributed by atoms with Crippen molar-refractivity contribution in [3.8, 4) is 11.5 Å². The maximum atomic E-state index is 6.53. The van der Waals surface area contributed by atoms with Crippen molar-refractivity contribution in [3.05, 3.63) is 58.7 Å². The molecule has 3 heteroatoms. The van der Waals surface area contributed by atoms with Crippen molar-refractivity contribution in [2.45, 2.75) is 63.3 Å². The van der Waals surface area contributed by atoms with E-state index in [1.165, 1.54) is 22.3 Å². The van der Waals surface area contributed by atoms with E-state index in [1.54, 1.807) is 0 Å². The third-order valence-corrected chi connectivity index (χ3v) is 8.51. The minimum atomic E-state index is -3.18. The fourth-order valence-electron chi connectivity index (χ4n) is 3.23. The Bertz CT molecular complexity index is 648. The van der Waals surface area contributed by atoms with E-state index >= 15 is 0 Å². The Morgan fingerprint density at radius 3 is 1.48 bits per heavy atom. The van der Waals surface area contributed by atoms with Crippen molar-refractivity contribution < 1.29 is 6.15 Å². The molecule has 2 aromatic carbocycles. The fraction of sp³-hybridized carbons (Fsp3) is 0.455. The Hall–Kier alpha value is -1.16. The average Bonchev–Trinajstić information content (AvgIpc) is 2.53. The van der Waals surface area contributed by atoms with Gasteiger partial charge in [-0.25, -0.2) is 0 Å². The summed E-state index contributed by atoms with van der Waals surface area (Å²) in [5.74, 6) is 2.04. The van der Waals surface area contributed by atoms with E-state index in [2.05, 4.69) is 74.0 Å². The van der Waals surface area contributed by atoms with Crippen LogP contribution in [0.2, 0.25) is 9.88 Å². The Morgan fingerprint density at radius 1 is 0.720 bits per heavy atom. The van der Waals surface area contributed by atoms with Crippen molar-refractivity contribution in [2.24, 2.45) is 0 Å². The van der Waals surface area contributed by atoms with Gasteiger partial charge in [0.15, 0.2) is 0 Å². The van der Waals surface area contributed by atoms with E-state index in [-0.39, 0.29) is 0 Å². The molecule has 0 N–H and O–H groups in total. The SMILES string of the molecule is CCCc1c(C)cccc1[O][Sn]([CH3])([CH3])[O]c1cccc(C)c1CCC. The molecule has 2 rings (SSSR count). The van der Waals surface area contributed by atoms with Crippen LogP contribution in [0.4, 0.5) is 0 Å². The summed E-state index contributed by atoms with van der Waals surface area (Å²) in [5, 5.41) is 0. The summed E-state index contributed by atoms with van der Waals surface area (Å²) in [7, 11) is 0. The minimum absolute atomic E-state index is 1.02. The molecule has 2 aromatic rings. The second kappa shape index (κ2) is 8.97. The maximum absolute atomic E-state index is 6.53. The Balaban J connectivity index is 2.27. The second-order valence-electron chi connectivity index (χ2n) is 7.21. The molecular formula is C22H32O2Sn. The molecule has 0 aliphatic rings. The second-order valence-corrected chi connectivity index (χ2v) is 16.4. The van der Waals surface area contributed by atoms with E-state index < -0.39 is 19.2 Å². The first-order valence-electron chi connectivity index (χ1n) is 9.43. The summed E-state index contributed by atoms with van der Waals surface area (Å²) in [6, 6.07) is 12.7. The van der Waals surface area contributed by atoms with Gasteiger partial charge in [0.05, 0.1) is 0 Å². The van der Waals surface area contributed by atoms with Gasteiger partial charge in [0, 0.05) is 0 Å². The molecule has 0 radical (unpaired) electrons. The zero-order valence-corrected chi connectivity index (χ0v) is 19.5. The topological polar surface area (TPSA) is 18.5 Å². The van der Waals surface area contributed by atoms with E-state index in [1.807, 2.05) is 0 Å². The van der Waals surface area contributed by atoms with Crippen LogP contribution in [0.1, 0.15) is 48.9 Å². The summed E-state index contributed by atoms with van der Waals surface area (Å²) in [4.78, 5) is 4.40. The first kappa shape index (κ1) is 20.2. The normalized spacial score (nSPS) is 11.4. The van der Waals surface area contributed by atoms with Gasteiger partial charge in [-0.15, -0.1) is 0 Å². The van der Waals surface area contributed by atoms with Crippen LogP contribution in [-0.4, -0.2) is 19.2 Å². The predicted molar refractivity (Wildman–Crippen MR) is 109 cm³/mol. The summed E-state index contributed by atoms with van der Waals surface area (Å²) >= 11 is -3.18. The van der Waals surface area contributed by atoms with Crippen LogP contribution in [0, 0.1) is 13.8 Å². The van der Waals surface area contributed by atoms with Gasteiger partial charge in [0.2, 0.25) is 0 Å². The number of hydrogen-bond acceptors (Lipinski definition) is 2. The predicted octanol–water partition coefficient (Wildman–Crippen LogP) is 6.37. The summed E-state index contributed by atoms with van der Waals surface area (Å²) in [6.45, 7) is 8.76. The Labute approximate surface area is 158 Å². The van der Waals surface area contributed by atoms with Crippen molar-refractivity contribution in [1.29, 1.82) is 0 Å². The van der Waals surface area contributed by atoms with E-state index in [4.69, 9.17) is 6.15 Å². The van der Waals surface area contributed by atoms with Gasteiger partial charge < -0.3 is 0 Å². The standard InChI is InChI=1S/2C10H14O.2CH3.Sn/c2*1-3-5-9-8(2)6-4-7-10(9)11;;;/h2*4,6-7,11H,3,5H2,1-2H3;2*1H3;/q;;;;+2/p-2. The van der Waals surface area contributed by atoms with Gasteiger partial charge in [-0.05, 0) is 0 Å². The molecule has 0 aliphatic heterocycles. The van der Waals surface area contributed by atoms with Gasteiger partial charge in [-0.3, -0.25) is 0 Å². The number of hydrogen-bond donors (Lipinski definition) is 0. The number of benzene rings is 2. The van der Waals surface area contributed by atoms with Gasteiger partial charge >= 0.3 is 159 Å². The third kappa shape index (κ3) is 5.40. The zero-order valence-electron chi connectivity index (χ0n) is 16.6. The third-order valence-electron chi connectivity index (χ3n) is 4.45. The molecule has 0 saturated heterocycles. The summed E-state index contributed by atoms with van der Waals surface area (Å²) in [6.07, 6.45) is 4.35. The molecule has 2 nitrogen and oxygen atoms in total. The van der Waals surface area contributed by atoms with Crippen LogP contribution in [0.5, 0.6) is 11.5 Å². The average molecular weight is 447 g/mol. The molecule has 0 bridgehead atoms. The first-order chi connectivity index (χ1) is 11.9. The van der Waals surface area contributed by atoms with Gasteiger partial charge in [-0.1, -0.05) is 0 Å². The monoisotopic (exact) mass is 448 g/mol. The Kier molecular flexibility index (Phi) is 7.23. The van der Waals surface area contributed by atoms with Gasteiger partial charge in [0.25, 0.3) is 0 Å². The van der Waals surface area contributed by atoms with Crippen molar-refractivity contribution in [2.75, 3.05) is 0 Å². The quantitative estimate of drug-likeness (QED) is 0.438. The molecule has 0 saturated carbocycles. The van der Waals surface area contributed by atoms with E-state index in [0.29, 0.717) is 0 Å². The van der Waals surface area contributed by atoms with Crippen molar-refractivity contribution >= 4 is 19.2 Å². The first-order valence-corrected chi connectivity index (χ1v) is 17.5. The fourth-order valence-corrected chi connectivity index (χ4v) is 7.47. The Morgan fingerprint density at radius 2 is 1.12 bits per heavy atom. The van der Waals surface area contributed by atoms with Crippen LogP contribution >= 0.6 is 0 Å². The zero-order chi connectivity index (χ0) is 18.4. The van der Waals surface area contributed by atoms with Gasteiger partial charge in [0.1, 0.15) is 0 Å². The molecule has 0 atom stereocenters. The summed E-state index contributed by atoms with van der Waals surface area (Å²) < 4.78 is 13.1. The molecule has 0 amide bonds. The van der Waals surface area contributed by atoms with Crippen LogP contribution < -0.4 is 6.15 Å². The van der Waals surface area contributed by atoms with Crippen LogP contribution in [0.15, 0.2) is 36.4 Å². The summed E-state index contributed by atoms with van der Waals surface area (Å²) in [5.41, 5.74) is 5.28. The molecule has 0 spiro atoms. The van der Waals surface area contributed by atoms with Crippen molar-refractivity contribution in [1.82, 2.24) is 0 Å². The molecular weight excluding hydrogens is 415 g/mol. The molecule has 0 unspecified atom stereocenters.